The molecular weight excluding hydrogens is 302 g/mol. The Bertz CT molecular complexity index is 739. The Morgan fingerprint density at radius 1 is 1.38 bits per heavy atom. The Kier molecular flexibility index (Phi) is 4.71. The molecule has 1 aliphatic rings. The maximum atomic E-state index is 7.42. The standard InChI is InChI=1S/C17H23N7/c1-11-5-13(19)9-24(8-11)17-6-14(21-10-22-17)15-7-20-16(23-15)4-3-12(2)18/h3-4,6-7,10-11,13,18H,5,8-9,19H2,1-2H3,(H,20,23)/b4-3-,18-12?. The fourth-order valence-corrected chi connectivity index (χ4v) is 3.01. The van der Waals surface area contributed by atoms with Crippen LogP contribution in [0.1, 0.15) is 26.1 Å². The first kappa shape index (κ1) is 16.3. The molecule has 24 heavy (non-hydrogen) atoms. The topological polar surface area (TPSA) is 108 Å². The van der Waals surface area contributed by atoms with Crippen molar-refractivity contribution in [2.24, 2.45) is 11.7 Å². The van der Waals surface area contributed by atoms with Crippen LogP contribution in [-0.2, 0) is 0 Å². The monoisotopic (exact) mass is 325 g/mol. The molecule has 3 heterocycles. The number of H-pyrrole nitrogens is 1. The number of hydrogen-bond donors (Lipinski definition) is 3. The summed E-state index contributed by atoms with van der Waals surface area (Å²) in [5.41, 5.74) is 8.24. The highest BCUT2D eigenvalue weighted by atomic mass is 15.2. The lowest BCUT2D eigenvalue weighted by Gasteiger charge is -2.35. The van der Waals surface area contributed by atoms with Crippen molar-refractivity contribution in [2.45, 2.75) is 26.3 Å². The second kappa shape index (κ2) is 6.92. The first-order chi connectivity index (χ1) is 11.5. The van der Waals surface area contributed by atoms with Gasteiger partial charge in [-0.15, -0.1) is 0 Å². The van der Waals surface area contributed by atoms with Crippen LogP contribution < -0.4 is 10.6 Å². The van der Waals surface area contributed by atoms with E-state index in [1.54, 1.807) is 31.6 Å². The summed E-state index contributed by atoms with van der Waals surface area (Å²) in [5, 5.41) is 7.42. The molecule has 2 aromatic heterocycles. The van der Waals surface area contributed by atoms with Crippen LogP contribution in [0.2, 0.25) is 0 Å². The summed E-state index contributed by atoms with van der Waals surface area (Å²) in [5.74, 6) is 2.15. The molecule has 0 aromatic carbocycles. The SMILES string of the molecule is CC(=N)/C=C\c1ncc(-c2cc(N3CC(C)CC(N)C3)ncn2)[nH]1. The third kappa shape index (κ3) is 3.86. The van der Waals surface area contributed by atoms with E-state index in [1.807, 2.05) is 6.07 Å². The molecule has 4 N–H and O–H groups in total. The van der Waals surface area contributed by atoms with Gasteiger partial charge < -0.3 is 21.0 Å². The minimum Gasteiger partial charge on any atom is -0.355 e. The highest BCUT2D eigenvalue weighted by molar-refractivity contribution is 5.93. The minimum absolute atomic E-state index is 0.181. The molecule has 7 nitrogen and oxygen atoms in total. The van der Waals surface area contributed by atoms with Gasteiger partial charge in [0.15, 0.2) is 0 Å². The number of aromatic nitrogens is 4. The molecule has 126 valence electrons. The molecule has 2 aromatic rings. The van der Waals surface area contributed by atoms with Gasteiger partial charge in [-0.05, 0) is 31.4 Å². The van der Waals surface area contributed by atoms with Crippen LogP contribution in [0.3, 0.4) is 0 Å². The lowest BCUT2D eigenvalue weighted by molar-refractivity contribution is 0.400. The van der Waals surface area contributed by atoms with E-state index in [-0.39, 0.29) is 6.04 Å². The summed E-state index contributed by atoms with van der Waals surface area (Å²) in [7, 11) is 0. The van der Waals surface area contributed by atoms with E-state index in [0.29, 0.717) is 17.5 Å². The molecule has 7 heteroatoms. The van der Waals surface area contributed by atoms with Crippen molar-refractivity contribution in [1.82, 2.24) is 19.9 Å². The minimum atomic E-state index is 0.181. The zero-order valence-corrected chi connectivity index (χ0v) is 14.0. The summed E-state index contributed by atoms with van der Waals surface area (Å²) in [6, 6.07) is 2.15. The third-order valence-electron chi connectivity index (χ3n) is 4.03. The summed E-state index contributed by atoms with van der Waals surface area (Å²) >= 11 is 0. The van der Waals surface area contributed by atoms with E-state index in [1.165, 1.54) is 0 Å². The zero-order valence-electron chi connectivity index (χ0n) is 14.0. The van der Waals surface area contributed by atoms with Crippen molar-refractivity contribution >= 4 is 17.6 Å². The summed E-state index contributed by atoms with van der Waals surface area (Å²) in [4.78, 5) is 18.5. The van der Waals surface area contributed by atoms with Gasteiger partial charge in [0.05, 0.1) is 17.6 Å². The van der Waals surface area contributed by atoms with Gasteiger partial charge >= 0.3 is 0 Å². The van der Waals surface area contributed by atoms with E-state index < -0.39 is 0 Å². The molecule has 0 bridgehead atoms. The zero-order chi connectivity index (χ0) is 17.1. The molecule has 1 saturated heterocycles. The van der Waals surface area contributed by atoms with Gasteiger partial charge in [0.1, 0.15) is 18.0 Å². The van der Waals surface area contributed by atoms with Crippen LogP contribution in [0.5, 0.6) is 0 Å². The molecular formula is C17H23N7. The molecule has 0 radical (unpaired) electrons. The van der Waals surface area contributed by atoms with Gasteiger partial charge in [0, 0.05) is 30.9 Å². The Balaban J connectivity index is 1.81. The number of piperidine rings is 1. The van der Waals surface area contributed by atoms with Crippen LogP contribution in [0.4, 0.5) is 5.82 Å². The maximum Gasteiger partial charge on any atom is 0.132 e. The third-order valence-corrected chi connectivity index (χ3v) is 4.03. The smallest absolute Gasteiger partial charge is 0.132 e. The van der Waals surface area contributed by atoms with Crippen LogP contribution in [0, 0.1) is 11.3 Å². The number of allylic oxidation sites excluding steroid dienone is 1. The van der Waals surface area contributed by atoms with Crippen molar-refractivity contribution < 1.29 is 0 Å². The number of anilines is 1. The van der Waals surface area contributed by atoms with Crippen molar-refractivity contribution in [3.63, 3.8) is 0 Å². The Hall–Kier alpha value is -2.54. The first-order valence-electron chi connectivity index (χ1n) is 8.12. The molecule has 0 spiro atoms. The molecule has 0 saturated carbocycles. The van der Waals surface area contributed by atoms with Gasteiger partial charge in [0.2, 0.25) is 0 Å². The second-order valence-corrected chi connectivity index (χ2v) is 6.47. The van der Waals surface area contributed by atoms with Crippen molar-refractivity contribution in [3.8, 4) is 11.4 Å². The van der Waals surface area contributed by atoms with Gasteiger partial charge in [-0.3, -0.25) is 0 Å². The normalized spacial score (nSPS) is 21.4. The van der Waals surface area contributed by atoms with Crippen LogP contribution in [0.15, 0.2) is 24.7 Å². The quantitative estimate of drug-likeness (QED) is 0.746. The van der Waals surface area contributed by atoms with Gasteiger partial charge in [0.25, 0.3) is 0 Å². The number of nitrogens with zero attached hydrogens (tertiary/aromatic N) is 4. The number of nitrogens with one attached hydrogen (secondary N) is 2. The van der Waals surface area contributed by atoms with E-state index in [2.05, 4.69) is 31.8 Å². The Labute approximate surface area is 141 Å². The van der Waals surface area contributed by atoms with Crippen LogP contribution >= 0.6 is 0 Å². The molecule has 1 fully saturated rings. The fourth-order valence-electron chi connectivity index (χ4n) is 3.01. The van der Waals surface area contributed by atoms with Crippen LogP contribution in [-0.4, -0.2) is 44.8 Å². The first-order valence-corrected chi connectivity index (χ1v) is 8.12. The molecule has 2 atom stereocenters. The highest BCUT2D eigenvalue weighted by Gasteiger charge is 2.23. The van der Waals surface area contributed by atoms with Crippen molar-refractivity contribution in [2.75, 3.05) is 18.0 Å². The number of hydrogen-bond acceptors (Lipinski definition) is 6. The predicted molar refractivity (Wildman–Crippen MR) is 96.0 cm³/mol. The van der Waals surface area contributed by atoms with Gasteiger partial charge in [-0.1, -0.05) is 6.92 Å². The molecule has 0 amide bonds. The lowest BCUT2D eigenvalue weighted by atomic mass is 9.96. The van der Waals surface area contributed by atoms with E-state index >= 15 is 0 Å². The molecule has 3 rings (SSSR count). The molecule has 0 aliphatic carbocycles. The largest absolute Gasteiger partial charge is 0.355 e. The number of nitrogens with two attached hydrogens (primary N) is 1. The highest BCUT2D eigenvalue weighted by Crippen LogP contribution is 2.23. The molecule has 2 unspecified atom stereocenters. The van der Waals surface area contributed by atoms with E-state index in [0.717, 1.165) is 36.7 Å². The van der Waals surface area contributed by atoms with Crippen molar-refractivity contribution in [1.29, 1.82) is 5.41 Å². The average molecular weight is 325 g/mol. The van der Waals surface area contributed by atoms with E-state index in [9.17, 15) is 0 Å². The predicted octanol–water partition coefficient (Wildman–Crippen LogP) is 2.09. The van der Waals surface area contributed by atoms with Crippen LogP contribution in [0.25, 0.3) is 17.5 Å². The molecule has 1 aliphatic heterocycles. The fraction of sp³-hybridized carbons (Fsp3) is 0.412. The number of imidazole rings is 1. The van der Waals surface area contributed by atoms with Crippen molar-refractivity contribution in [3.05, 3.63) is 30.5 Å². The van der Waals surface area contributed by atoms with Gasteiger partial charge in [-0.2, -0.15) is 0 Å². The lowest BCUT2D eigenvalue weighted by Crippen LogP contribution is -2.46. The summed E-state index contributed by atoms with van der Waals surface area (Å²) in [6.45, 7) is 5.71. The Morgan fingerprint density at radius 3 is 2.96 bits per heavy atom. The second-order valence-electron chi connectivity index (χ2n) is 6.47. The van der Waals surface area contributed by atoms with E-state index in [4.69, 9.17) is 11.1 Å². The van der Waals surface area contributed by atoms with Gasteiger partial charge in [-0.25, -0.2) is 15.0 Å². The number of aromatic amines is 1. The number of rotatable bonds is 4. The Morgan fingerprint density at radius 2 is 2.21 bits per heavy atom. The average Bonchev–Trinajstić information content (AvgIpc) is 3.01. The summed E-state index contributed by atoms with van der Waals surface area (Å²) < 4.78 is 0. The maximum absolute atomic E-state index is 7.42. The summed E-state index contributed by atoms with van der Waals surface area (Å²) in [6.07, 6.45) is 7.85.